The highest BCUT2D eigenvalue weighted by molar-refractivity contribution is 6.33. The quantitative estimate of drug-likeness (QED) is 0.504. The monoisotopic (exact) mass is 267 g/mol. The third-order valence-electron chi connectivity index (χ3n) is 3.31. The highest BCUT2D eigenvalue weighted by atomic mass is 35.5. The molecule has 2 rings (SSSR count). The fourth-order valence-electron chi connectivity index (χ4n) is 2.25. The number of hydrogen-bond donors (Lipinski definition) is 1. The molecule has 0 atom stereocenters. The lowest BCUT2D eigenvalue weighted by Gasteiger charge is -2.15. The van der Waals surface area contributed by atoms with Crippen LogP contribution >= 0.6 is 11.6 Å². The van der Waals surface area contributed by atoms with E-state index in [1.165, 1.54) is 12.8 Å². The number of halogens is 1. The largest absolute Gasteiger partial charge is 0.459 e. The molecule has 0 amide bonds. The van der Waals surface area contributed by atoms with Crippen molar-refractivity contribution in [3.63, 3.8) is 0 Å². The molecule has 1 aliphatic rings. The summed E-state index contributed by atoms with van der Waals surface area (Å²) in [5, 5.41) is 0.459. The van der Waals surface area contributed by atoms with Crippen molar-refractivity contribution in [2.45, 2.75) is 44.6 Å². The van der Waals surface area contributed by atoms with Gasteiger partial charge in [-0.25, -0.2) is 4.79 Å². The van der Waals surface area contributed by atoms with Gasteiger partial charge in [0.2, 0.25) is 0 Å². The molecule has 1 aromatic carbocycles. The van der Waals surface area contributed by atoms with Crippen LogP contribution in [-0.4, -0.2) is 12.1 Å². The van der Waals surface area contributed by atoms with Gasteiger partial charge in [-0.2, -0.15) is 0 Å². The minimum atomic E-state index is -0.301. The molecule has 0 aromatic heterocycles. The maximum atomic E-state index is 12.0. The summed E-state index contributed by atoms with van der Waals surface area (Å²) < 4.78 is 5.51. The number of carbonyl (C=O) groups is 1. The van der Waals surface area contributed by atoms with Crippen molar-refractivity contribution >= 4 is 23.3 Å². The van der Waals surface area contributed by atoms with E-state index < -0.39 is 0 Å². The number of rotatable bonds is 2. The average Bonchev–Trinajstić information content (AvgIpc) is 2.61. The van der Waals surface area contributed by atoms with Crippen LogP contribution in [0.1, 0.15) is 48.9 Å². The summed E-state index contributed by atoms with van der Waals surface area (Å²) in [5.74, 6) is -0.301. The molecule has 0 unspecified atom stereocenters. The smallest absolute Gasteiger partial charge is 0.338 e. The highest BCUT2D eigenvalue weighted by Crippen LogP contribution is 2.23. The van der Waals surface area contributed by atoms with E-state index in [1.807, 2.05) is 0 Å². The van der Waals surface area contributed by atoms with Crippen LogP contribution in [0, 0.1) is 0 Å². The number of hydrogen-bond acceptors (Lipinski definition) is 3. The first-order valence-electron chi connectivity index (χ1n) is 6.43. The molecule has 18 heavy (non-hydrogen) atoms. The molecule has 1 aliphatic carbocycles. The van der Waals surface area contributed by atoms with Gasteiger partial charge in [0.1, 0.15) is 6.10 Å². The zero-order valence-corrected chi connectivity index (χ0v) is 11.1. The summed E-state index contributed by atoms with van der Waals surface area (Å²) in [4.78, 5) is 12.0. The molecule has 1 saturated carbocycles. The highest BCUT2D eigenvalue weighted by Gasteiger charge is 2.18. The third kappa shape index (κ3) is 3.39. The van der Waals surface area contributed by atoms with Crippen LogP contribution in [0.4, 0.5) is 5.69 Å². The predicted octanol–water partition coefficient (Wildman–Crippen LogP) is 3.80. The van der Waals surface area contributed by atoms with Crippen LogP contribution in [0.25, 0.3) is 0 Å². The molecule has 3 nitrogen and oxygen atoms in total. The number of esters is 1. The van der Waals surface area contributed by atoms with Gasteiger partial charge in [-0.05, 0) is 43.9 Å². The van der Waals surface area contributed by atoms with Crippen LogP contribution in [0.15, 0.2) is 18.2 Å². The molecule has 0 saturated heterocycles. The van der Waals surface area contributed by atoms with Crippen LogP contribution in [-0.2, 0) is 4.74 Å². The Morgan fingerprint density at radius 3 is 2.50 bits per heavy atom. The molecule has 1 fully saturated rings. The minimum absolute atomic E-state index is 0.0527. The number of nitrogens with two attached hydrogens (primary N) is 1. The second-order valence-electron chi connectivity index (χ2n) is 4.76. The molecular formula is C14H18ClNO2. The van der Waals surface area contributed by atoms with Crippen molar-refractivity contribution in [1.29, 1.82) is 0 Å². The zero-order chi connectivity index (χ0) is 13.0. The van der Waals surface area contributed by atoms with Gasteiger partial charge in [0, 0.05) is 0 Å². The van der Waals surface area contributed by atoms with Gasteiger partial charge in [-0.15, -0.1) is 0 Å². The minimum Gasteiger partial charge on any atom is -0.459 e. The molecule has 1 aromatic rings. The van der Waals surface area contributed by atoms with Crippen molar-refractivity contribution in [3.05, 3.63) is 28.8 Å². The van der Waals surface area contributed by atoms with Crippen LogP contribution < -0.4 is 5.73 Å². The van der Waals surface area contributed by atoms with Crippen molar-refractivity contribution in [1.82, 2.24) is 0 Å². The van der Waals surface area contributed by atoms with E-state index >= 15 is 0 Å². The van der Waals surface area contributed by atoms with Gasteiger partial charge in [0.05, 0.1) is 16.3 Å². The number of anilines is 1. The van der Waals surface area contributed by atoms with Gasteiger partial charge < -0.3 is 10.5 Å². The molecule has 0 spiro atoms. The zero-order valence-electron chi connectivity index (χ0n) is 10.3. The number of benzene rings is 1. The predicted molar refractivity (Wildman–Crippen MR) is 72.8 cm³/mol. The first-order chi connectivity index (χ1) is 8.66. The summed E-state index contributed by atoms with van der Waals surface area (Å²) in [6, 6.07) is 4.85. The van der Waals surface area contributed by atoms with E-state index in [0.29, 0.717) is 16.3 Å². The van der Waals surface area contributed by atoms with Crippen LogP contribution in [0.3, 0.4) is 0 Å². The lowest BCUT2D eigenvalue weighted by atomic mass is 10.1. The molecular weight excluding hydrogens is 250 g/mol. The number of carbonyl (C=O) groups excluding carboxylic acids is 1. The van der Waals surface area contributed by atoms with Crippen molar-refractivity contribution in [2.75, 3.05) is 5.73 Å². The fourth-order valence-corrected chi connectivity index (χ4v) is 2.37. The average molecular weight is 268 g/mol. The summed E-state index contributed by atoms with van der Waals surface area (Å²) in [5.41, 5.74) is 6.56. The fraction of sp³-hybridized carbons (Fsp3) is 0.500. The van der Waals surface area contributed by atoms with Gasteiger partial charge >= 0.3 is 5.97 Å². The van der Waals surface area contributed by atoms with Gasteiger partial charge in [0.15, 0.2) is 0 Å². The van der Waals surface area contributed by atoms with Crippen LogP contribution in [0.5, 0.6) is 0 Å². The molecule has 0 heterocycles. The molecule has 0 bridgehead atoms. The Kier molecular flexibility index (Phi) is 4.48. The Hall–Kier alpha value is -1.22. The van der Waals surface area contributed by atoms with E-state index in [-0.39, 0.29) is 12.1 Å². The van der Waals surface area contributed by atoms with E-state index in [1.54, 1.807) is 18.2 Å². The van der Waals surface area contributed by atoms with E-state index in [9.17, 15) is 4.79 Å². The maximum Gasteiger partial charge on any atom is 0.338 e. The van der Waals surface area contributed by atoms with E-state index in [4.69, 9.17) is 22.1 Å². The van der Waals surface area contributed by atoms with Gasteiger partial charge in [0.25, 0.3) is 0 Å². The Labute approximate surface area is 112 Å². The molecule has 0 radical (unpaired) electrons. The first-order valence-corrected chi connectivity index (χ1v) is 6.80. The van der Waals surface area contributed by atoms with Crippen molar-refractivity contribution < 1.29 is 9.53 Å². The summed E-state index contributed by atoms with van der Waals surface area (Å²) in [6.45, 7) is 0. The summed E-state index contributed by atoms with van der Waals surface area (Å²) >= 11 is 5.82. The second-order valence-corrected chi connectivity index (χ2v) is 5.16. The van der Waals surface area contributed by atoms with Crippen molar-refractivity contribution in [2.24, 2.45) is 0 Å². The van der Waals surface area contributed by atoms with Crippen LogP contribution in [0.2, 0.25) is 5.02 Å². The number of nitrogen functional groups attached to an aromatic ring is 1. The van der Waals surface area contributed by atoms with Crippen molar-refractivity contribution in [3.8, 4) is 0 Å². The summed E-state index contributed by atoms with van der Waals surface area (Å²) in [7, 11) is 0. The SMILES string of the molecule is Nc1cc(C(=O)OC2CCCCCC2)ccc1Cl. The molecule has 0 aliphatic heterocycles. The molecule has 2 N–H and O–H groups in total. The maximum absolute atomic E-state index is 12.0. The normalized spacial score (nSPS) is 17.2. The topological polar surface area (TPSA) is 52.3 Å². The number of ether oxygens (including phenoxy) is 1. The standard InChI is InChI=1S/C14H18ClNO2/c15-12-8-7-10(9-13(12)16)14(17)18-11-5-3-1-2-4-6-11/h7-9,11H,1-6,16H2. The molecule has 4 heteroatoms. The Morgan fingerprint density at radius 1 is 1.22 bits per heavy atom. The first kappa shape index (κ1) is 13.2. The third-order valence-corrected chi connectivity index (χ3v) is 3.65. The lowest BCUT2D eigenvalue weighted by molar-refractivity contribution is 0.0267. The van der Waals surface area contributed by atoms with Gasteiger partial charge in [-0.1, -0.05) is 24.4 Å². The van der Waals surface area contributed by atoms with E-state index in [0.717, 1.165) is 25.7 Å². The Balaban J connectivity index is 1.99. The van der Waals surface area contributed by atoms with E-state index in [2.05, 4.69) is 0 Å². The Morgan fingerprint density at radius 2 is 1.89 bits per heavy atom. The summed E-state index contributed by atoms with van der Waals surface area (Å²) in [6.07, 6.45) is 6.74. The molecule has 98 valence electrons. The van der Waals surface area contributed by atoms with Gasteiger partial charge in [-0.3, -0.25) is 0 Å². The lowest BCUT2D eigenvalue weighted by Crippen LogP contribution is -2.17. The second kappa shape index (κ2) is 6.10. The Bertz CT molecular complexity index is 426.